The minimum absolute atomic E-state index is 0.357. The third-order valence-corrected chi connectivity index (χ3v) is 2.10. The fourth-order valence-electron chi connectivity index (χ4n) is 0.677. The summed E-state index contributed by atoms with van der Waals surface area (Å²) in [6.07, 6.45) is 2.98. The number of unbranched alkanes of at least 4 members (excludes halogenated alkanes) is 2. The lowest BCUT2D eigenvalue weighted by Gasteiger charge is -2.03. The van der Waals surface area contributed by atoms with E-state index < -0.39 is 0 Å². The lowest BCUT2D eigenvalue weighted by Crippen LogP contribution is -2.09. The zero-order chi connectivity index (χ0) is 9.23. The molecule has 70 valence electrons. The predicted octanol–water partition coefficient (Wildman–Crippen LogP) is 2.21. The summed E-state index contributed by atoms with van der Waals surface area (Å²) in [6.45, 7) is 0. The second-order valence-corrected chi connectivity index (χ2v) is 3.35. The van der Waals surface area contributed by atoms with E-state index in [0.717, 1.165) is 12.8 Å². The van der Waals surface area contributed by atoms with Crippen LogP contribution in [0.1, 0.15) is 19.3 Å². The molecule has 0 bridgehead atoms. The third-order valence-electron chi connectivity index (χ3n) is 1.33. The van der Waals surface area contributed by atoms with Crippen LogP contribution in [0, 0.1) is 11.8 Å². The minimum Gasteiger partial charge on any atom is -0.345 e. The van der Waals surface area contributed by atoms with Crippen molar-refractivity contribution in [3.8, 4) is 11.8 Å². The zero-order valence-corrected chi connectivity index (χ0v) is 9.76. The first-order chi connectivity index (χ1) is 5.85. The Morgan fingerprint density at radius 3 is 2.42 bits per heavy atom. The molecular weight excluding hydrogens is 267 g/mol. The molecule has 0 atom stereocenters. The van der Waals surface area contributed by atoms with E-state index in [0.29, 0.717) is 0 Å². The third kappa shape index (κ3) is 6.89. The molecule has 12 heavy (non-hydrogen) atoms. The summed E-state index contributed by atoms with van der Waals surface area (Å²) in [5.41, 5.74) is 0. The standard InChI is InChI=1S/C9H15IO2/c1-11-9(12-2)7-5-3-4-6-8-10/h9H,3-4,6,8H2,1-2H3. The van der Waals surface area contributed by atoms with Gasteiger partial charge in [0.25, 0.3) is 0 Å². The first-order valence-electron chi connectivity index (χ1n) is 3.95. The number of alkyl halides is 1. The summed E-state index contributed by atoms with van der Waals surface area (Å²) in [5.74, 6) is 5.90. The van der Waals surface area contributed by atoms with Crippen LogP contribution in [0.15, 0.2) is 0 Å². The van der Waals surface area contributed by atoms with E-state index in [1.54, 1.807) is 14.2 Å². The monoisotopic (exact) mass is 282 g/mol. The summed E-state index contributed by atoms with van der Waals surface area (Å²) in [7, 11) is 3.18. The highest BCUT2D eigenvalue weighted by molar-refractivity contribution is 14.1. The van der Waals surface area contributed by atoms with E-state index in [-0.39, 0.29) is 6.29 Å². The molecule has 0 spiro atoms. The summed E-state index contributed by atoms with van der Waals surface area (Å²) in [4.78, 5) is 0. The Bertz CT molecular complexity index is 144. The van der Waals surface area contributed by atoms with Crippen LogP contribution in [-0.4, -0.2) is 24.9 Å². The maximum atomic E-state index is 4.91. The molecule has 0 heterocycles. The van der Waals surface area contributed by atoms with Crippen LogP contribution in [0.25, 0.3) is 0 Å². The largest absolute Gasteiger partial charge is 0.345 e. The molecule has 0 radical (unpaired) electrons. The Kier molecular flexibility index (Phi) is 9.46. The van der Waals surface area contributed by atoms with Crippen LogP contribution in [0.5, 0.6) is 0 Å². The fourth-order valence-corrected chi connectivity index (χ4v) is 1.22. The van der Waals surface area contributed by atoms with Crippen molar-refractivity contribution in [2.24, 2.45) is 0 Å². The van der Waals surface area contributed by atoms with Crippen molar-refractivity contribution in [3.05, 3.63) is 0 Å². The molecule has 3 heteroatoms. The second kappa shape index (κ2) is 9.30. The van der Waals surface area contributed by atoms with E-state index in [2.05, 4.69) is 34.4 Å². The van der Waals surface area contributed by atoms with E-state index in [1.807, 2.05) is 0 Å². The SMILES string of the molecule is COC(C#CCCCCI)OC. The number of methoxy groups -OCH3 is 2. The van der Waals surface area contributed by atoms with Crippen molar-refractivity contribution < 1.29 is 9.47 Å². The average molecular weight is 282 g/mol. The Hall–Kier alpha value is 0.210. The van der Waals surface area contributed by atoms with Crippen molar-refractivity contribution in [2.45, 2.75) is 25.6 Å². The number of hydrogen-bond donors (Lipinski definition) is 0. The van der Waals surface area contributed by atoms with Gasteiger partial charge in [0.15, 0.2) is 0 Å². The Morgan fingerprint density at radius 1 is 1.25 bits per heavy atom. The number of hydrogen-bond acceptors (Lipinski definition) is 2. The van der Waals surface area contributed by atoms with Gasteiger partial charge in [-0.1, -0.05) is 28.5 Å². The maximum absolute atomic E-state index is 4.91. The normalized spacial score (nSPS) is 9.67. The molecule has 0 aromatic heterocycles. The number of rotatable bonds is 5. The zero-order valence-electron chi connectivity index (χ0n) is 7.60. The van der Waals surface area contributed by atoms with Crippen LogP contribution in [-0.2, 0) is 9.47 Å². The molecule has 0 saturated heterocycles. The maximum Gasteiger partial charge on any atom is 0.221 e. The number of ether oxygens (including phenoxy) is 2. The summed E-state index contributed by atoms with van der Waals surface area (Å²) in [5, 5.41) is 0. The quantitative estimate of drug-likeness (QED) is 0.253. The van der Waals surface area contributed by atoms with Gasteiger partial charge in [-0.25, -0.2) is 0 Å². The molecule has 0 N–H and O–H groups in total. The first kappa shape index (κ1) is 12.2. The van der Waals surface area contributed by atoms with E-state index in [9.17, 15) is 0 Å². The van der Waals surface area contributed by atoms with Gasteiger partial charge in [-0.15, -0.1) is 0 Å². The van der Waals surface area contributed by atoms with Crippen molar-refractivity contribution >= 4 is 22.6 Å². The Balaban J connectivity index is 3.42. The van der Waals surface area contributed by atoms with Gasteiger partial charge in [-0.05, 0) is 23.2 Å². The number of halogens is 1. The molecule has 0 saturated carbocycles. The Labute approximate surface area is 88.1 Å². The first-order valence-corrected chi connectivity index (χ1v) is 5.47. The molecule has 0 aliphatic rings. The lowest BCUT2D eigenvalue weighted by molar-refractivity contribution is -0.0595. The van der Waals surface area contributed by atoms with Crippen LogP contribution < -0.4 is 0 Å². The molecule has 0 aliphatic heterocycles. The smallest absolute Gasteiger partial charge is 0.221 e. The van der Waals surface area contributed by atoms with Crippen molar-refractivity contribution in [3.63, 3.8) is 0 Å². The molecule has 0 unspecified atom stereocenters. The average Bonchev–Trinajstić information content (AvgIpc) is 2.11. The molecule has 0 aromatic rings. The Morgan fingerprint density at radius 2 is 1.92 bits per heavy atom. The molecule has 0 aliphatic carbocycles. The van der Waals surface area contributed by atoms with E-state index >= 15 is 0 Å². The molecule has 0 amide bonds. The van der Waals surface area contributed by atoms with Gasteiger partial charge in [0, 0.05) is 20.6 Å². The fraction of sp³-hybridized carbons (Fsp3) is 0.778. The van der Waals surface area contributed by atoms with Crippen LogP contribution in [0.4, 0.5) is 0 Å². The molecule has 0 aromatic carbocycles. The van der Waals surface area contributed by atoms with Crippen molar-refractivity contribution in [1.82, 2.24) is 0 Å². The van der Waals surface area contributed by atoms with Crippen LogP contribution in [0.2, 0.25) is 0 Å². The van der Waals surface area contributed by atoms with E-state index in [4.69, 9.17) is 9.47 Å². The van der Waals surface area contributed by atoms with Crippen molar-refractivity contribution in [1.29, 1.82) is 0 Å². The highest BCUT2D eigenvalue weighted by atomic mass is 127. The highest BCUT2D eigenvalue weighted by Gasteiger charge is 1.95. The summed E-state index contributed by atoms with van der Waals surface area (Å²) >= 11 is 2.37. The topological polar surface area (TPSA) is 18.5 Å². The van der Waals surface area contributed by atoms with Crippen LogP contribution >= 0.6 is 22.6 Å². The van der Waals surface area contributed by atoms with E-state index in [1.165, 1.54) is 10.8 Å². The van der Waals surface area contributed by atoms with Gasteiger partial charge in [0.1, 0.15) is 0 Å². The molecule has 2 nitrogen and oxygen atoms in total. The predicted molar refractivity (Wildman–Crippen MR) is 58.3 cm³/mol. The second-order valence-electron chi connectivity index (χ2n) is 2.27. The highest BCUT2D eigenvalue weighted by Crippen LogP contribution is 1.97. The molecular formula is C9H15IO2. The molecule has 0 rings (SSSR count). The lowest BCUT2D eigenvalue weighted by atomic mass is 10.2. The van der Waals surface area contributed by atoms with Gasteiger partial charge in [0.2, 0.25) is 6.29 Å². The van der Waals surface area contributed by atoms with Gasteiger partial charge in [0.05, 0.1) is 0 Å². The van der Waals surface area contributed by atoms with Crippen LogP contribution in [0.3, 0.4) is 0 Å². The molecule has 0 fully saturated rings. The van der Waals surface area contributed by atoms with Gasteiger partial charge >= 0.3 is 0 Å². The summed E-state index contributed by atoms with van der Waals surface area (Å²) < 4.78 is 11.0. The van der Waals surface area contributed by atoms with Gasteiger partial charge < -0.3 is 9.47 Å². The minimum atomic E-state index is -0.357. The summed E-state index contributed by atoms with van der Waals surface area (Å²) in [6, 6.07) is 0. The van der Waals surface area contributed by atoms with Gasteiger partial charge in [-0.3, -0.25) is 0 Å². The van der Waals surface area contributed by atoms with Gasteiger partial charge in [-0.2, -0.15) is 0 Å². The van der Waals surface area contributed by atoms with Crippen molar-refractivity contribution in [2.75, 3.05) is 18.6 Å².